The van der Waals surface area contributed by atoms with Gasteiger partial charge in [-0.1, -0.05) is 26.7 Å². The molecule has 1 fully saturated rings. The van der Waals surface area contributed by atoms with E-state index in [-0.39, 0.29) is 11.3 Å². The van der Waals surface area contributed by atoms with Crippen molar-refractivity contribution in [2.45, 2.75) is 45.1 Å². The molecule has 4 heteroatoms. The molecule has 18 heavy (non-hydrogen) atoms. The molecule has 1 aromatic heterocycles. The van der Waals surface area contributed by atoms with Crippen LogP contribution in [0.3, 0.4) is 0 Å². The van der Waals surface area contributed by atoms with Crippen molar-refractivity contribution in [2.75, 3.05) is 13.1 Å². The van der Waals surface area contributed by atoms with Crippen LogP contribution in [-0.2, 0) is 7.05 Å². The summed E-state index contributed by atoms with van der Waals surface area (Å²) in [6.07, 6.45) is 7.83. The molecule has 0 N–H and O–H groups in total. The van der Waals surface area contributed by atoms with Crippen LogP contribution in [0.5, 0.6) is 0 Å². The van der Waals surface area contributed by atoms with E-state index < -0.39 is 0 Å². The lowest BCUT2D eigenvalue weighted by Crippen LogP contribution is -2.52. The summed E-state index contributed by atoms with van der Waals surface area (Å²) in [4.78, 5) is 15.2. The summed E-state index contributed by atoms with van der Waals surface area (Å²) in [6.45, 7) is 6.14. The van der Waals surface area contributed by atoms with Crippen molar-refractivity contribution in [1.82, 2.24) is 14.7 Å². The fourth-order valence-corrected chi connectivity index (χ4v) is 3.28. The number of carbonyl (C=O) groups is 1. The van der Waals surface area contributed by atoms with Crippen molar-refractivity contribution < 1.29 is 4.79 Å². The lowest BCUT2D eigenvalue weighted by atomic mass is 9.86. The van der Waals surface area contributed by atoms with Gasteiger partial charge in [-0.2, -0.15) is 5.10 Å². The van der Waals surface area contributed by atoms with Gasteiger partial charge in [0.25, 0.3) is 0 Å². The van der Waals surface area contributed by atoms with Gasteiger partial charge in [-0.3, -0.25) is 14.4 Å². The van der Waals surface area contributed by atoms with Gasteiger partial charge in [-0.05, 0) is 25.9 Å². The van der Waals surface area contributed by atoms with Gasteiger partial charge in [-0.15, -0.1) is 0 Å². The molecule has 1 aliphatic rings. The van der Waals surface area contributed by atoms with Gasteiger partial charge in [0, 0.05) is 13.2 Å². The summed E-state index contributed by atoms with van der Waals surface area (Å²) in [7, 11) is 1.86. The van der Waals surface area contributed by atoms with Crippen LogP contribution in [0.1, 0.15) is 49.9 Å². The lowest BCUT2D eigenvalue weighted by molar-refractivity contribution is 0.0584. The summed E-state index contributed by atoms with van der Waals surface area (Å²) >= 11 is 0. The van der Waals surface area contributed by atoms with Crippen LogP contribution in [-0.4, -0.2) is 39.1 Å². The molecule has 2 rings (SSSR count). The van der Waals surface area contributed by atoms with E-state index in [4.69, 9.17) is 0 Å². The third-order valence-electron chi connectivity index (χ3n) is 4.19. The van der Waals surface area contributed by atoms with Crippen molar-refractivity contribution in [3.8, 4) is 0 Å². The van der Waals surface area contributed by atoms with E-state index in [0.29, 0.717) is 0 Å². The highest BCUT2D eigenvalue weighted by atomic mass is 16.1. The molecule has 0 aromatic carbocycles. The second-order valence-electron chi connectivity index (χ2n) is 5.14. The molecule has 0 amide bonds. The highest BCUT2D eigenvalue weighted by Crippen LogP contribution is 2.37. The van der Waals surface area contributed by atoms with Crippen LogP contribution in [0.25, 0.3) is 0 Å². The van der Waals surface area contributed by atoms with Gasteiger partial charge in [0.1, 0.15) is 0 Å². The van der Waals surface area contributed by atoms with Gasteiger partial charge in [0.2, 0.25) is 0 Å². The molecule has 1 aromatic rings. The first-order valence-electron chi connectivity index (χ1n) is 6.92. The van der Waals surface area contributed by atoms with E-state index in [1.807, 2.05) is 13.2 Å². The Morgan fingerprint density at radius 3 is 2.44 bits per heavy atom. The summed E-state index contributed by atoms with van der Waals surface area (Å²) < 4.78 is 1.71. The average molecular weight is 249 g/mol. The highest BCUT2D eigenvalue weighted by Gasteiger charge is 2.45. The monoisotopic (exact) mass is 249 g/mol. The molecule has 0 atom stereocenters. The first kappa shape index (κ1) is 13.3. The summed E-state index contributed by atoms with van der Waals surface area (Å²) in [5, 5.41) is 4.13. The Bertz CT molecular complexity index is 414. The fourth-order valence-electron chi connectivity index (χ4n) is 3.28. The number of ketones is 1. The average Bonchev–Trinajstić information content (AvgIpc) is 3.00. The van der Waals surface area contributed by atoms with Crippen molar-refractivity contribution in [3.05, 3.63) is 18.0 Å². The number of carbonyl (C=O) groups excluding carboxylic acids is 1. The Labute approximate surface area is 109 Å². The van der Waals surface area contributed by atoms with Crippen LogP contribution in [0, 0.1) is 0 Å². The zero-order valence-corrected chi connectivity index (χ0v) is 11.6. The lowest BCUT2D eigenvalue weighted by Gasteiger charge is -2.38. The van der Waals surface area contributed by atoms with E-state index in [1.54, 1.807) is 10.9 Å². The van der Waals surface area contributed by atoms with Crippen LogP contribution in [0.4, 0.5) is 0 Å². The molecule has 0 radical (unpaired) electrons. The number of likely N-dealkylation sites (N-methyl/N-ethyl adjacent to an activating group) is 1. The van der Waals surface area contributed by atoms with Crippen LogP contribution in [0.2, 0.25) is 0 Å². The van der Waals surface area contributed by atoms with E-state index >= 15 is 0 Å². The number of nitrogens with zero attached hydrogens (tertiary/aromatic N) is 3. The van der Waals surface area contributed by atoms with Crippen LogP contribution >= 0.6 is 0 Å². The Balaban J connectivity index is 2.32. The zero-order chi connectivity index (χ0) is 13.2. The quantitative estimate of drug-likeness (QED) is 0.751. The maximum atomic E-state index is 12.8. The Hall–Kier alpha value is -1.16. The zero-order valence-electron chi connectivity index (χ0n) is 11.6. The SMILES string of the molecule is CCN(CC)C1(C(=O)c2cnn(C)c2)CCCC1. The summed E-state index contributed by atoms with van der Waals surface area (Å²) in [6, 6.07) is 0. The molecule has 4 nitrogen and oxygen atoms in total. The smallest absolute Gasteiger partial charge is 0.186 e. The van der Waals surface area contributed by atoms with Crippen molar-refractivity contribution >= 4 is 5.78 Å². The molecule has 0 bridgehead atoms. The maximum absolute atomic E-state index is 12.8. The highest BCUT2D eigenvalue weighted by molar-refractivity contribution is 6.03. The number of hydrogen-bond donors (Lipinski definition) is 0. The van der Waals surface area contributed by atoms with Gasteiger partial charge < -0.3 is 0 Å². The first-order chi connectivity index (χ1) is 8.64. The third kappa shape index (κ3) is 2.09. The molecule has 1 aliphatic carbocycles. The molecule has 0 saturated heterocycles. The minimum atomic E-state index is -0.271. The number of rotatable bonds is 5. The van der Waals surface area contributed by atoms with E-state index in [1.165, 1.54) is 0 Å². The predicted molar refractivity (Wildman–Crippen MR) is 71.7 cm³/mol. The van der Waals surface area contributed by atoms with E-state index in [0.717, 1.165) is 44.3 Å². The van der Waals surface area contributed by atoms with Crippen molar-refractivity contribution in [1.29, 1.82) is 0 Å². The van der Waals surface area contributed by atoms with Gasteiger partial charge >= 0.3 is 0 Å². The number of Topliss-reactive ketones (excluding diaryl/α,β-unsaturated/α-hetero) is 1. The van der Waals surface area contributed by atoms with E-state index in [9.17, 15) is 4.79 Å². The number of hydrogen-bond acceptors (Lipinski definition) is 3. The molecule has 1 heterocycles. The molecule has 100 valence electrons. The second kappa shape index (κ2) is 5.22. The largest absolute Gasteiger partial charge is 0.292 e. The topological polar surface area (TPSA) is 38.1 Å². The second-order valence-corrected chi connectivity index (χ2v) is 5.14. The van der Waals surface area contributed by atoms with Gasteiger partial charge in [-0.25, -0.2) is 0 Å². The standard InChI is InChI=1S/C14H23N3O/c1-4-17(5-2)14(8-6-7-9-14)13(18)12-10-15-16(3)11-12/h10-11H,4-9H2,1-3H3. The van der Waals surface area contributed by atoms with Crippen LogP contribution in [0.15, 0.2) is 12.4 Å². The Morgan fingerprint density at radius 2 is 2.00 bits per heavy atom. The maximum Gasteiger partial charge on any atom is 0.186 e. The van der Waals surface area contributed by atoms with Gasteiger partial charge in [0.15, 0.2) is 5.78 Å². The molecular weight excluding hydrogens is 226 g/mol. The Kier molecular flexibility index (Phi) is 3.85. The molecular formula is C14H23N3O. The Morgan fingerprint density at radius 1 is 1.39 bits per heavy atom. The van der Waals surface area contributed by atoms with E-state index in [2.05, 4.69) is 23.8 Å². The minimum absolute atomic E-state index is 0.261. The normalized spacial score (nSPS) is 18.4. The number of aromatic nitrogens is 2. The van der Waals surface area contributed by atoms with Crippen molar-refractivity contribution in [3.63, 3.8) is 0 Å². The van der Waals surface area contributed by atoms with Crippen LogP contribution < -0.4 is 0 Å². The summed E-state index contributed by atoms with van der Waals surface area (Å²) in [5.41, 5.74) is 0.485. The molecule has 0 unspecified atom stereocenters. The predicted octanol–water partition coefficient (Wildman–Crippen LogP) is 2.26. The molecule has 1 saturated carbocycles. The third-order valence-corrected chi connectivity index (χ3v) is 4.19. The molecule has 0 spiro atoms. The first-order valence-corrected chi connectivity index (χ1v) is 6.92. The van der Waals surface area contributed by atoms with Gasteiger partial charge in [0.05, 0.1) is 17.3 Å². The minimum Gasteiger partial charge on any atom is -0.292 e. The summed E-state index contributed by atoms with van der Waals surface area (Å²) in [5.74, 6) is 0.261. The van der Waals surface area contributed by atoms with Crippen molar-refractivity contribution in [2.24, 2.45) is 7.05 Å². The number of aryl methyl sites for hydroxylation is 1. The fraction of sp³-hybridized carbons (Fsp3) is 0.714. The molecule has 0 aliphatic heterocycles.